The summed E-state index contributed by atoms with van der Waals surface area (Å²) in [5.74, 6) is 1.26. The van der Waals surface area contributed by atoms with Crippen molar-refractivity contribution in [1.29, 1.82) is 0 Å². The van der Waals surface area contributed by atoms with Gasteiger partial charge in [0.25, 0.3) is 0 Å². The van der Waals surface area contributed by atoms with Crippen LogP contribution in [0, 0.1) is 3.70 Å². The highest BCUT2D eigenvalue weighted by molar-refractivity contribution is 14.1. The van der Waals surface area contributed by atoms with E-state index in [9.17, 15) is 9.59 Å². The van der Waals surface area contributed by atoms with Crippen molar-refractivity contribution in [3.05, 3.63) is 33.2 Å². The highest BCUT2D eigenvalue weighted by Gasteiger charge is 2.40. The van der Waals surface area contributed by atoms with Crippen molar-refractivity contribution in [2.45, 2.75) is 24.8 Å². The second-order valence-electron chi connectivity index (χ2n) is 8.85. The topological polar surface area (TPSA) is 182 Å². The average Bonchev–Trinajstić information content (AvgIpc) is 3.27. The summed E-state index contributed by atoms with van der Waals surface area (Å²) in [7, 11) is 3.21. The molecule has 2 aromatic rings. The number of carbonyl (C=O) groups is 2. The Morgan fingerprint density at radius 1 is 1.14 bits per heavy atom. The minimum Gasteiger partial charge on any atom is -0.497 e. The van der Waals surface area contributed by atoms with Crippen LogP contribution in [0.15, 0.2) is 23.2 Å². The molecule has 0 atom stereocenters. The number of anilines is 2. The lowest BCUT2D eigenvalue weighted by Crippen LogP contribution is -2.55. The summed E-state index contributed by atoms with van der Waals surface area (Å²) < 4.78 is 11.0. The summed E-state index contributed by atoms with van der Waals surface area (Å²) in [6, 6.07) is 5.56. The Labute approximate surface area is 227 Å². The van der Waals surface area contributed by atoms with Crippen LogP contribution in [0.4, 0.5) is 16.4 Å². The molecule has 0 radical (unpaired) electrons. The first-order valence-electron chi connectivity index (χ1n) is 11.7. The van der Waals surface area contributed by atoms with Gasteiger partial charge >= 0.3 is 11.9 Å². The summed E-state index contributed by atoms with van der Waals surface area (Å²) in [6.07, 6.45) is 2.06. The van der Waals surface area contributed by atoms with E-state index in [1.54, 1.807) is 19.1 Å². The van der Waals surface area contributed by atoms with Crippen molar-refractivity contribution in [3.63, 3.8) is 0 Å². The second-order valence-corrected chi connectivity index (χ2v) is 9.87. The Morgan fingerprint density at radius 3 is 2.46 bits per heavy atom. The van der Waals surface area contributed by atoms with E-state index >= 15 is 0 Å². The van der Waals surface area contributed by atoms with Crippen LogP contribution in [-0.4, -0.2) is 78.7 Å². The number of nitrogens with one attached hydrogen (secondary N) is 3. The van der Waals surface area contributed by atoms with Gasteiger partial charge in [0.15, 0.2) is 23.3 Å². The van der Waals surface area contributed by atoms with Crippen LogP contribution in [-0.2, 0) is 6.42 Å². The Hall–Kier alpha value is -3.56. The highest BCUT2D eigenvalue weighted by atomic mass is 127. The molecular formula is C23H30IN9O4. The summed E-state index contributed by atoms with van der Waals surface area (Å²) in [4.78, 5) is 39.2. The van der Waals surface area contributed by atoms with Crippen molar-refractivity contribution in [2.24, 2.45) is 4.99 Å². The molecular weight excluding hydrogens is 593 g/mol. The maximum absolute atomic E-state index is 12.7. The van der Waals surface area contributed by atoms with Crippen molar-refractivity contribution in [3.8, 4) is 11.5 Å². The highest BCUT2D eigenvalue weighted by Crippen LogP contribution is 2.25. The first-order valence-corrected chi connectivity index (χ1v) is 12.8. The van der Waals surface area contributed by atoms with Crippen LogP contribution in [0.1, 0.15) is 28.9 Å². The number of carbonyl (C=O) groups excluding carboxylic acids is 2. The number of halogens is 1. The minimum atomic E-state index is -0.611. The van der Waals surface area contributed by atoms with Gasteiger partial charge in [-0.3, -0.25) is 4.79 Å². The fourth-order valence-corrected chi connectivity index (χ4v) is 4.65. The zero-order chi connectivity index (χ0) is 26.6. The van der Waals surface area contributed by atoms with E-state index in [1.807, 2.05) is 40.8 Å². The van der Waals surface area contributed by atoms with Crippen LogP contribution in [0.25, 0.3) is 0 Å². The smallest absolute Gasteiger partial charge is 0.317 e. The number of rotatable bonds is 6. The number of likely N-dealkylation sites (tertiary alicyclic amines) is 1. The SMILES string of the molecule is COc1cc(CCNC(=O)N2CCC3(CC2)CN/C(=N\C(=O)c2nc(I)c(N)nc2N)N3)cc(OC)c1. The molecule has 0 saturated carbocycles. The van der Waals surface area contributed by atoms with Gasteiger partial charge in [-0.05, 0) is 59.5 Å². The Balaban J connectivity index is 1.27. The lowest BCUT2D eigenvalue weighted by Gasteiger charge is -2.38. The van der Waals surface area contributed by atoms with Gasteiger partial charge in [0.2, 0.25) is 0 Å². The van der Waals surface area contributed by atoms with Gasteiger partial charge < -0.3 is 41.8 Å². The third kappa shape index (κ3) is 6.23. The van der Waals surface area contributed by atoms with Crippen LogP contribution in [0.3, 0.4) is 0 Å². The molecule has 1 aromatic heterocycles. The van der Waals surface area contributed by atoms with Crippen molar-refractivity contribution in [2.75, 3.05) is 51.9 Å². The van der Waals surface area contributed by atoms with E-state index in [0.717, 1.165) is 5.56 Å². The molecule has 2 saturated heterocycles. The monoisotopic (exact) mass is 623 g/mol. The standard InChI is InChI=1S/C23H30IN9O4/c1-36-14-9-13(10-15(11-14)37-2)3-6-27-22(35)33-7-4-23(5-8-33)12-28-21(32-23)31-20(34)16-18(25)30-19(26)17(24)29-16/h9-11H,3-8,12H2,1-2H3,(H,27,35)(H4,25,26,30)(H2,28,31,32,34). The fourth-order valence-electron chi connectivity index (χ4n) is 4.29. The van der Waals surface area contributed by atoms with E-state index in [4.69, 9.17) is 20.9 Å². The molecule has 1 aromatic carbocycles. The number of aliphatic imine (C=N–C) groups is 1. The van der Waals surface area contributed by atoms with Gasteiger partial charge in [-0.15, -0.1) is 0 Å². The fraction of sp³-hybridized carbons (Fsp3) is 0.435. The zero-order valence-electron chi connectivity index (χ0n) is 20.6. The van der Waals surface area contributed by atoms with Gasteiger partial charge in [0, 0.05) is 32.2 Å². The number of nitrogen functional groups attached to an aromatic ring is 2. The molecule has 0 unspecified atom stereocenters. The van der Waals surface area contributed by atoms with Crippen LogP contribution in [0.5, 0.6) is 11.5 Å². The zero-order valence-corrected chi connectivity index (χ0v) is 22.8. The molecule has 1 spiro atoms. The number of benzene rings is 1. The predicted octanol–water partition coefficient (Wildman–Crippen LogP) is 0.739. The molecule has 0 aliphatic carbocycles. The number of amides is 3. The lowest BCUT2D eigenvalue weighted by atomic mass is 9.89. The number of nitrogens with zero attached hydrogens (tertiary/aromatic N) is 4. The van der Waals surface area contributed by atoms with Crippen molar-refractivity contribution < 1.29 is 19.1 Å². The summed E-state index contributed by atoms with van der Waals surface area (Å²) in [5.41, 5.74) is 12.1. The molecule has 3 amide bonds. The molecule has 4 rings (SSSR count). The van der Waals surface area contributed by atoms with E-state index in [0.29, 0.717) is 66.6 Å². The number of ether oxygens (including phenoxy) is 2. The molecule has 198 valence electrons. The maximum Gasteiger partial charge on any atom is 0.317 e. The molecule has 2 fully saturated rings. The molecule has 37 heavy (non-hydrogen) atoms. The molecule has 7 N–H and O–H groups in total. The molecule has 3 heterocycles. The largest absolute Gasteiger partial charge is 0.497 e. The van der Waals surface area contributed by atoms with E-state index in [2.05, 4.69) is 30.9 Å². The third-order valence-electron chi connectivity index (χ3n) is 6.41. The Morgan fingerprint density at radius 2 is 1.81 bits per heavy atom. The van der Waals surface area contributed by atoms with E-state index < -0.39 is 5.91 Å². The minimum absolute atomic E-state index is 0.0467. The molecule has 0 bridgehead atoms. The first-order chi connectivity index (χ1) is 17.7. The number of methoxy groups -OCH3 is 2. The van der Waals surface area contributed by atoms with Crippen molar-refractivity contribution in [1.82, 2.24) is 30.8 Å². The number of guanidine groups is 1. The molecule has 14 heteroatoms. The van der Waals surface area contributed by atoms with Gasteiger partial charge in [0.05, 0.1) is 19.8 Å². The normalized spacial score (nSPS) is 17.3. The molecule has 2 aliphatic heterocycles. The first kappa shape index (κ1) is 26.5. The predicted molar refractivity (Wildman–Crippen MR) is 147 cm³/mol. The Bertz CT molecular complexity index is 1190. The summed E-state index contributed by atoms with van der Waals surface area (Å²) in [6.45, 7) is 2.23. The van der Waals surface area contributed by atoms with Gasteiger partial charge in [0.1, 0.15) is 15.2 Å². The summed E-state index contributed by atoms with van der Waals surface area (Å²) in [5, 5.41) is 9.45. The van der Waals surface area contributed by atoms with Crippen LogP contribution in [0.2, 0.25) is 0 Å². The van der Waals surface area contributed by atoms with Crippen LogP contribution >= 0.6 is 22.6 Å². The number of urea groups is 1. The van der Waals surface area contributed by atoms with Gasteiger partial charge in [-0.25, -0.2) is 14.8 Å². The average molecular weight is 623 g/mol. The van der Waals surface area contributed by atoms with Crippen LogP contribution < -0.4 is 36.9 Å². The van der Waals surface area contributed by atoms with Gasteiger partial charge in [-0.2, -0.15) is 4.99 Å². The Kier molecular flexibility index (Phi) is 8.04. The number of hydrogen-bond acceptors (Lipinski definition) is 8. The summed E-state index contributed by atoms with van der Waals surface area (Å²) >= 11 is 1.88. The van der Waals surface area contributed by atoms with Gasteiger partial charge in [-0.1, -0.05) is 0 Å². The quantitative estimate of drug-likeness (QED) is 0.288. The number of piperidine rings is 1. The molecule has 13 nitrogen and oxygen atoms in total. The van der Waals surface area contributed by atoms with Crippen molar-refractivity contribution >= 4 is 52.1 Å². The third-order valence-corrected chi connectivity index (χ3v) is 7.20. The van der Waals surface area contributed by atoms with E-state index in [1.165, 1.54) is 0 Å². The number of nitrogens with two attached hydrogens (primary N) is 2. The maximum atomic E-state index is 12.7. The molecule has 2 aliphatic rings. The second kappa shape index (κ2) is 11.2. The number of aromatic nitrogens is 2. The lowest BCUT2D eigenvalue weighted by molar-refractivity contribution is 0.0998. The number of hydrogen-bond donors (Lipinski definition) is 5. The van der Waals surface area contributed by atoms with E-state index in [-0.39, 0.29) is 28.9 Å².